The fraction of sp³-hybridized carbons (Fsp3) is 0.0833. The van der Waals surface area contributed by atoms with Crippen LogP contribution in [0.1, 0.15) is 5.56 Å². The van der Waals surface area contributed by atoms with Gasteiger partial charge in [0.1, 0.15) is 11.4 Å². The minimum absolute atomic E-state index is 0.0576. The Morgan fingerprint density at radius 3 is 2.19 bits per heavy atom. The minimum atomic E-state index is -1.15. The van der Waals surface area contributed by atoms with Gasteiger partial charge in [0.2, 0.25) is 0 Å². The fourth-order valence-corrected chi connectivity index (χ4v) is 3.56. The van der Waals surface area contributed by atoms with Gasteiger partial charge in [-0.1, -0.05) is 36.4 Å². The topological polar surface area (TPSA) is 49.9 Å². The number of anilines is 2. The van der Waals surface area contributed by atoms with Crippen LogP contribution in [0.2, 0.25) is 0 Å². The van der Waals surface area contributed by atoms with E-state index in [1.165, 1.54) is 13.2 Å². The van der Waals surface area contributed by atoms with Crippen LogP contribution < -0.4 is 14.5 Å². The first-order chi connectivity index (χ1) is 14.9. The Kier molecular flexibility index (Phi) is 5.25. The number of ether oxygens (including phenoxy) is 1. The molecule has 1 aliphatic heterocycles. The van der Waals surface area contributed by atoms with Crippen molar-refractivity contribution in [2.24, 2.45) is 0 Å². The predicted molar refractivity (Wildman–Crippen MR) is 114 cm³/mol. The van der Waals surface area contributed by atoms with Crippen LogP contribution in [0.5, 0.6) is 5.75 Å². The first kappa shape index (κ1) is 20.3. The molecule has 3 aromatic carbocycles. The van der Waals surface area contributed by atoms with E-state index in [4.69, 9.17) is 4.74 Å². The number of amides is 2. The molecule has 1 heterocycles. The lowest BCUT2D eigenvalue weighted by Gasteiger charge is -2.21. The largest absolute Gasteiger partial charge is 0.496 e. The molecule has 0 aromatic heterocycles. The zero-order valence-electron chi connectivity index (χ0n) is 16.8. The van der Waals surface area contributed by atoms with Crippen LogP contribution in [0.4, 0.5) is 20.2 Å². The third-order valence-electron chi connectivity index (χ3n) is 5.08. The van der Waals surface area contributed by atoms with Crippen LogP contribution in [-0.2, 0) is 9.59 Å². The molecule has 0 atom stereocenters. The van der Waals surface area contributed by atoms with Crippen molar-refractivity contribution < 1.29 is 23.1 Å². The van der Waals surface area contributed by atoms with Crippen LogP contribution in [0.15, 0.2) is 78.5 Å². The molecule has 0 radical (unpaired) electrons. The molecule has 0 aliphatic carbocycles. The summed E-state index contributed by atoms with van der Waals surface area (Å²) in [6.45, 7) is 0. The van der Waals surface area contributed by atoms with Gasteiger partial charge in [0.15, 0.2) is 11.6 Å². The quantitative estimate of drug-likeness (QED) is 0.575. The normalized spacial score (nSPS) is 13.7. The predicted octanol–water partition coefficient (Wildman–Crippen LogP) is 4.39. The van der Waals surface area contributed by atoms with E-state index in [-0.39, 0.29) is 17.0 Å². The number of methoxy groups -OCH3 is 1. The average Bonchev–Trinajstić information content (AvgIpc) is 3.05. The van der Waals surface area contributed by atoms with Gasteiger partial charge in [-0.3, -0.25) is 9.59 Å². The van der Waals surface area contributed by atoms with E-state index in [1.807, 2.05) is 18.2 Å². The SMILES string of the molecule is COc1ccccc1C1=C(N(C)c2ccccc2)C(=O)N(c2ccc(F)c(F)c2)C1=O. The van der Waals surface area contributed by atoms with Crippen LogP contribution in [0.3, 0.4) is 0 Å². The minimum Gasteiger partial charge on any atom is -0.496 e. The second-order valence-electron chi connectivity index (χ2n) is 6.86. The molecule has 5 nitrogen and oxygen atoms in total. The first-order valence-corrected chi connectivity index (χ1v) is 9.44. The Morgan fingerprint density at radius 2 is 1.52 bits per heavy atom. The number of likely N-dealkylation sites (N-methyl/N-ethyl adjacent to an activating group) is 1. The molecule has 0 unspecified atom stereocenters. The molecule has 1 aliphatic rings. The van der Waals surface area contributed by atoms with Crippen molar-refractivity contribution in [2.75, 3.05) is 24.0 Å². The van der Waals surface area contributed by atoms with Crippen molar-refractivity contribution in [3.05, 3.63) is 95.7 Å². The second kappa shape index (κ2) is 8.02. The maximum Gasteiger partial charge on any atom is 0.282 e. The number of benzene rings is 3. The molecule has 0 saturated heterocycles. The zero-order valence-corrected chi connectivity index (χ0v) is 16.8. The van der Waals surface area contributed by atoms with Crippen LogP contribution in [0.25, 0.3) is 5.57 Å². The Balaban J connectivity index is 1.92. The lowest BCUT2D eigenvalue weighted by molar-refractivity contribution is -0.120. The highest BCUT2D eigenvalue weighted by atomic mass is 19.2. The van der Waals surface area contributed by atoms with Crippen molar-refractivity contribution in [1.82, 2.24) is 0 Å². The lowest BCUT2D eigenvalue weighted by Crippen LogP contribution is -2.34. The third kappa shape index (κ3) is 3.44. The van der Waals surface area contributed by atoms with Gasteiger partial charge in [-0.2, -0.15) is 0 Å². The number of halogens is 2. The maximum absolute atomic E-state index is 13.9. The van der Waals surface area contributed by atoms with E-state index < -0.39 is 23.4 Å². The summed E-state index contributed by atoms with van der Waals surface area (Å²) < 4.78 is 32.7. The first-order valence-electron chi connectivity index (χ1n) is 9.44. The lowest BCUT2D eigenvalue weighted by atomic mass is 10.0. The van der Waals surface area contributed by atoms with Gasteiger partial charge in [0.25, 0.3) is 11.8 Å². The van der Waals surface area contributed by atoms with Gasteiger partial charge in [-0.25, -0.2) is 13.7 Å². The summed E-state index contributed by atoms with van der Waals surface area (Å²) in [7, 11) is 3.13. The van der Waals surface area contributed by atoms with Gasteiger partial charge >= 0.3 is 0 Å². The van der Waals surface area contributed by atoms with E-state index >= 15 is 0 Å². The molecule has 3 aromatic rings. The van der Waals surface area contributed by atoms with E-state index in [0.29, 0.717) is 17.0 Å². The molecule has 156 valence electrons. The smallest absolute Gasteiger partial charge is 0.282 e. The van der Waals surface area contributed by atoms with Gasteiger partial charge in [0, 0.05) is 24.4 Å². The van der Waals surface area contributed by atoms with Crippen molar-refractivity contribution in [1.29, 1.82) is 0 Å². The summed E-state index contributed by atoms with van der Waals surface area (Å²) in [6, 6.07) is 18.8. The molecular formula is C24H18F2N2O3. The fourth-order valence-electron chi connectivity index (χ4n) is 3.56. The van der Waals surface area contributed by atoms with Gasteiger partial charge in [0.05, 0.1) is 18.4 Å². The molecular weight excluding hydrogens is 402 g/mol. The third-order valence-corrected chi connectivity index (χ3v) is 5.08. The number of rotatable bonds is 5. The zero-order chi connectivity index (χ0) is 22.1. The Morgan fingerprint density at radius 1 is 0.839 bits per heavy atom. The Bertz CT molecular complexity index is 1210. The summed E-state index contributed by atoms with van der Waals surface area (Å²) in [5.41, 5.74) is 1.26. The van der Waals surface area contributed by atoms with Crippen molar-refractivity contribution in [3.63, 3.8) is 0 Å². The maximum atomic E-state index is 13.9. The van der Waals surface area contributed by atoms with Crippen LogP contribution in [0, 0.1) is 11.6 Å². The average molecular weight is 420 g/mol. The van der Waals surface area contributed by atoms with E-state index in [9.17, 15) is 18.4 Å². The Labute approximate surface area is 177 Å². The summed E-state index contributed by atoms with van der Waals surface area (Å²) in [5.74, 6) is -3.12. The molecule has 2 amide bonds. The molecule has 0 saturated carbocycles. The van der Waals surface area contributed by atoms with Crippen LogP contribution >= 0.6 is 0 Å². The van der Waals surface area contributed by atoms with Crippen molar-refractivity contribution in [3.8, 4) is 5.75 Å². The van der Waals surface area contributed by atoms with E-state index in [0.717, 1.165) is 17.0 Å². The summed E-state index contributed by atoms with van der Waals surface area (Å²) in [4.78, 5) is 29.4. The number of nitrogens with zero attached hydrogens (tertiary/aromatic N) is 2. The van der Waals surface area contributed by atoms with E-state index in [2.05, 4.69) is 0 Å². The van der Waals surface area contributed by atoms with Crippen molar-refractivity contribution >= 4 is 28.8 Å². The van der Waals surface area contributed by atoms with Gasteiger partial charge in [-0.15, -0.1) is 0 Å². The highest BCUT2D eigenvalue weighted by Crippen LogP contribution is 2.39. The molecule has 0 fully saturated rings. The number of para-hydroxylation sites is 2. The van der Waals surface area contributed by atoms with Crippen molar-refractivity contribution in [2.45, 2.75) is 0 Å². The summed E-state index contributed by atoms with van der Waals surface area (Å²) in [6.07, 6.45) is 0. The van der Waals surface area contributed by atoms with Gasteiger partial charge < -0.3 is 9.64 Å². The highest BCUT2D eigenvalue weighted by Gasteiger charge is 2.43. The number of imide groups is 1. The van der Waals surface area contributed by atoms with E-state index in [1.54, 1.807) is 48.3 Å². The number of hydrogen-bond acceptors (Lipinski definition) is 4. The summed E-state index contributed by atoms with van der Waals surface area (Å²) >= 11 is 0. The molecule has 31 heavy (non-hydrogen) atoms. The molecule has 0 bridgehead atoms. The number of carbonyl (C=O) groups excluding carboxylic acids is 2. The molecule has 4 rings (SSSR count). The molecule has 0 N–H and O–H groups in total. The highest BCUT2D eigenvalue weighted by molar-refractivity contribution is 6.46. The monoisotopic (exact) mass is 420 g/mol. The molecule has 0 spiro atoms. The molecule has 7 heteroatoms. The van der Waals surface area contributed by atoms with Crippen LogP contribution in [-0.4, -0.2) is 26.0 Å². The standard InChI is InChI=1S/C24H18F2N2O3/c1-27(15-8-4-3-5-9-15)22-21(17-10-6-7-11-20(17)31-2)23(29)28(24(22)30)16-12-13-18(25)19(26)14-16/h3-14H,1-2H3. The van der Waals surface area contributed by atoms with Gasteiger partial charge in [-0.05, 0) is 30.3 Å². The second-order valence-corrected chi connectivity index (χ2v) is 6.86. The Hall–Kier alpha value is -4.00. The number of carbonyl (C=O) groups is 2. The summed E-state index contributed by atoms with van der Waals surface area (Å²) in [5, 5.41) is 0. The number of hydrogen-bond donors (Lipinski definition) is 0.